The summed E-state index contributed by atoms with van der Waals surface area (Å²) in [6.07, 6.45) is 15.9. The van der Waals surface area contributed by atoms with Gasteiger partial charge in [0.2, 0.25) is 0 Å². The zero-order valence-corrected chi connectivity index (χ0v) is 24.0. The van der Waals surface area contributed by atoms with Gasteiger partial charge < -0.3 is 20.1 Å². The van der Waals surface area contributed by atoms with Gasteiger partial charge in [0.15, 0.2) is 0 Å². The fraction of sp³-hybridized carbons (Fsp3) is 0.727. The molecule has 0 amide bonds. The van der Waals surface area contributed by atoms with E-state index in [1.54, 1.807) is 0 Å². The molecule has 1 unspecified atom stereocenters. The van der Waals surface area contributed by atoms with E-state index >= 15 is 0 Å². The Morgan fingerprint density at radius 1 is 1.18 bits per heavy atom. The fourth-order valence-corrected chi connectivity index (χ4v) is 7.59. The van der Waals surface area contributed by atoms with Crippen LogP contribution in [0.4, 0.5) is 0 Å². The zero-order chi connectivity index (χ0) is 27.7. The molecule has 5 heteroatoms. The molecule has 4 rings (SSSR count). The monoisotopic (exact) mass is 526 g/mol. The molecule has 0 aromatic carbocycles. The summed E-state index contributed by atoms with van der Waals surface area (Å²) >= 11 is 0. The molecule has 4 saturated carbocycles. The van der Waals surface area contributed by atoms with Gasteiger partial charge in [0.25, 0.3) is 0 Å². The summed E-state index contributed by atoms with van der Waals surface area (Å²) in [5.74, 6) is 0.931. The highest BCUT2D eigenvalue weighted by molar-refractivity contribution is 5.81. The van der Waals surface area contributed by atoms with Crippen LogP contribution in [0.15, 0.2) is 47.6 Å². The minimum absolute atomic E-state index is 0.185. The summed E-state index contributed by atoms with van der Waals surface area (Å²) in [7, 11) is 0. The van der Waals surface area contributed by atoms with Crippen molar-refractivity contribution in [3.05, 3.63) is 47.6 Å². The first-order valence-corrected chi connectivity index (χ1v) is 15.0. The van der Waals surface area contributed by atoms with Gasteiger partial charge in [-0.15, -0.1) is 0 Å². The lowest BCUT2D eigenvalue weighted by atomic mass is 9.61. The average molecular weight is 527 g/mol. The molecule has 0 saturated heterocycles. The first-order valence-electron chi connectivity index (χ1n) is 15.0. The number of carbonyl (C=O) groups excluding carboxylic acids is 1. The van der Waals surface area contributed by atoms with E-state index in [4.69, 9.17) is 4.74 Å². The van der Waals surface area contributed by atoms with Crippen LogP contribution in [0.25, 0.3) is 0 Å². The third-order valence-corrected chi connectivity index (χ3v) is 10.6. The smallest absolute Gasteiger partial charge is 0.315 e. The predicted octanol–water partition coefficient (Wildman–Crippen LogP) is 6.05. The molecule has 0 aliphatic heterocycles. The molecule has 0 spiro atoms. The number of rotatable bonds is 9. The van der Waals surface area contributed by atoms with Crippen LogP contribution in [-0.2, 0) is 9.53 Å². The van der Waals surface area contributed by atoms with Crippen molar-refractivity contribution in [1.29, 1.82) is 0 Å². The number of aliphatic hydroxyl groups excluding tert-OH is 3. The molecule has 4 aliphatic carbocycles. The van der Waals surface area contributed by atoms with E-state index in [1.165, 1.54) is 12.0 Å². The Balaban J connectivity index is 1.42. The molecule has 0 aromatic heterocycles. The van der Waals surface area contributed by atoms with Gasteiger partial charge >= 0.3 is 5.97 Å². The van der Waals surface area contributed by atoms with Crippen LogP contribution in [0.2, 0.25) is 0 Å². The van der Waals surface area contributed by atoms with Gasteiger partial charge in [0.1, 0.15) is 0 Å². The van der Waals surface area contributed by atoms with Crippen LogP contribution < -0.4 is 0 Å². The molecule has 3 N–H and O–H groups in total. The minimum Gasteiger partial charge on any atom is -0.465 e. The number of esters is 1. The van der Waals surface area contributed by atoms with Crippen LogP contribution in [0.5, 0.6) is 0 Å². The second-order valence-corrected chi connectivity index (χ2v) is 13.0. The van der Waals surface area contributed by atoms with E-state index in [2.05, 4.69) is 45.6 Å². The Labute approximate surface area is 229 Å². The largest absolute Gasteiger partial charge is 0.465 e. The van der Waals surface area contributed by atoms with Gasteiger partial charge in [0, 0.05) is 5.92 Å². The van der Waals surface area contributed by atoms with E-state index in [1.807, 2.05) is 13.0 Å². The van der Waals surface area contributed by atoms with Crippen LogP contribution in [0, 0.1) is 34.5 Å². The zero-order valence-electron chi connectivity index (χ0n) is 24.0. The summed E-state index contributed by atoms with van der Waals surface area (Å²) in [6.45, 7) is 13.2. The molecular weight excluding hydrogens is 476 g/mol. The molecule has 4 fully saturated rings. The number of aliphatic hydroxyl groups is 3. The molecule has 0 radical (unpaired) electrons. The number of hydrogen-bond donors (Lipinski definition) is 3. The normalized spacial score (nSPS) is 38.4. The van der Waals surface area contributed by atoms with Gasteiger partial charge in [-0.25, -0.2) is 0 Å². The fourth-order valence-electron chi connectivity index (χ4n) is 7.59. The standard InChI is InChI=1S/C33H50O5/c1-6-7-19-38-31(37)33(17-18-33)29(35)15-10-21(2)26-13-14-27-24(9-8-16-32(26,27)5)11-12-25-20-28(34)23(4)30(36)22(25)3/h10-12,15,21,23,26-30,34-36H,3,6-9,13-14,16-20H2,1-2,4-5H3/b15-10+,24-11+,25-12-/t21-,23+,26-,27?,28-,29-,30-,32-/m1/s1. The third-order valence-electron chi connectivity index (χ3n) is 10.6. The second-order valence-electron chi connectivity index (χ2n) is 13.0. The van der Waals surface area contributed by atoms with Crippen LogP contribution in [0.3, 0.4) is 0 Å². The van der Waals surface area contributed by atoms with Gasteiger partial charge in [-0.2, -0.15) is 0 Å². The number of hydrogen-bond acceptors (Lipinski definition) is 5. The van der Waals surface area contributed by atoms with Crippen LogP contribution in [-0.4, -0.2) is 46.2 Å². The molecule has 0 aromatic rings. The van der Waals surface area contributed by atoms with Crippen molar-refractivity contribution in [2.24, 2.45) is 34.5 Å². The van der Waals surface area contributed by atoms with E-state index in [-0.39, 0.29) is 17.3 Å². The quantitative estimate of drug-likeness (QED) is 0.193. The lowest BCUT2D eigenvalue weighted by Crippen LogP contribution is -2.36. The Bertz CT molecular complexity index is 972. The molecule has 4 aliphatic rings. The van der Waals surface area contributed by atoms with Crippen molar-refractivity contribution in [3.8, 4) is 0 Å². The lowest BCUT2D eigenvalue weighted by Gasteiger charge is -2.44. The highest BCUT2D eigenvalue weighted by atomic mass is 16.5. The molecule has 0 heterocycles. The van der Waals surface area contributed by atoms with Gasteiger partial charge in [-0.05, 0) is 92.1 Å². The van der Waals surface area contributed by atoms with E-state index in [0.717, 1.165) is 49.7 Å². The van der Waals surface area contributed by atoms with Crippen molar-refractivity contribution in [2.75, 3.05) is 6.61 Å². The van der Waals surface area contributed by atoms with Crippen molar-refractivity contribution < 1.29 is 24.9 Å². The third kappa shape index (κ3) is 5.62. The van der Waals surface area contributed by atoms with E-state index in [0.29, 0.717) is 43.6 Å². The lowest BCUT2D eigenvalue weighted by molar-refractivity contribution is -0.153. The Hall–Kier alpha value is -1.69. The maximum atomic E-state index is 12.6. The SMILES string of the molecule is C=C1/C(=C\C=C2/CCC[C@@]3(C)C2CC[C@@H]3[C@H](C)/C=C/[C@@H](O)C2(C(=O)OCCCC)CC2)C[C@@H](O)[C@H](C)[C@@H]1O. The number of unbranched alkanes of at least 4 members (excludes halogenated alkanes) is 1. The van der Waals surface area contributed by atoms with Gasteiger partial charge in [-0.1, -0.05) is 70.6 Å². The minimum atomic E-state index is -0.783. The van der Waals surface area contributed by atoms with Crippen molar-refractivity contribution in [2.45, 2.75) is 110 Å². The van der Waals surface area contributed by atoms with Crippen molar-refractivity contribution in [1.82, 2.24) is 0 Å². The number of ether oxygens (including phenoxy) is 1. The van der Waals surface area contributed by atoms with Gasteiger partial charge in [0.05, 0.1) is 30.3 Å². The summed E-state index contributed by atoms with van der Waals surface area (Å²) < 4.78 is 5.45. The predicted molar refractivity (Wildman–Crippen MR) is 151 cm³/mol. The summed E-state index contributed by atoms with van der Waals surface area (Å²) in [6, 6.07) is 0. The number of allylic oxidation sites excluding steroid dienone is 4. The molecule has 212 valence electrons. The topological polar surface area (TPSA) is 87.0 Å². The van der Waals surface area contributed by atoms with Crippen molar-refractivity contribution in [3.63, 3.8) is 0 Å². The second kappa shape index (κ2) is 11.8. The Morgan fingerprint density at radius 2 is 1.92 bits per heavy atom. The summed E-state index contributed by atoms with van der Waals surface area (Å²) in [4.78, 5) is 12.6. The number of fused-ring (bicyclic) bond motifs is 1. The van der Waals surface area contributed by atoms with E-state index in [9.17, 15) is 20.1 Å². The molecule has 38 heavy (non-hydrogen) atoms. The molecule has 8 atom stereocenters. The Morgan fingerprint density at radius 3 is 2.61 bits per heavy atom. The van der Waals surface area contributed by atoms with Gasteiger partial charge in [-0.3, -0.25) is 4.79 Å². The first kappa shape index (κ1) is 29.3. The molecule has 5 nitrogen and oxygen atoms in total. The van der Waals surface area contributed by atoms with Crippen LogP contribution >= 0.6 is 0 Å². The van der Waals surface area contributed by atoms with Crippen molar-refractivity contribution >= 4 is 5.97 Å². The number of carbonyl (C=O) groups is 1. The average Bonchev–Trinajstić information content (AvgIpc) is 3.63. The summed E-state index contributed by atoms with van der Waals surface area (Å²) in [5.41, 5.74) is 2.65. The maximum Gasteiger partial charge on any atom is 0.315 e. The molecular formula is C33H50O5. The summed E-state index contributed by atoms with van der Waals surface area (Å²) in [5, 5.41) is 31.8. The highest BCUT2D eigenvalue weighted by Gasteiger charge is 2.56. The molecule has 0 bridgehead atoms. The van der Waals surface area contributed by atoms with E-state index < -0.39 is 23.7 Å². The Kier molecular flexibility index (Phi) is 9.11. The van der Waals surface area contributed by atoms with Crippen LogP contribution in [0.1, 0.15) is 91.9 Å². The maximum absolute atomic E-state index is 12.6. The first-order chi connectivity index (χ1) is 18.0. The highest BCUT2D eigenvalue weighted by Crippen LogP contribution is 2.59.